The van der Waals surface area contributed by atoms with Gasteiger partial charge >= 0.3 is 5.97 Å². The van der Waals surface area contributed by atoms with Crippen LogP contribution in [0.3, 0.4) is 0 Å². The Balaban J connectivity index is 1.61. The van der Waals surface area contributed by atoms with E-state index in [9.17, 15) is 9.59 Å². The zero-order valence-electron chi connectivity index (χ0n) is 23.6. The Labute approximate surface area is 213 Å². The maximum Gasteiger partial charge on any atom is 0.311 e. The van der Waals surface area contributed by atoms with E-state index in [0.29, 0.717) is 11.7 Å². The molecule has 0 heterocycles. The number of nitrogens with two attached hydrogens (primary N) is 1. The number of carbonyl (C=O) groups is 2. The fourth-order valence-corrected chi connectivity index (χ4v) is 10.6. The summed E-state index contributed by atoms with van der Waals surface area (Å²) in [5.41, 5.74) is 7.68. The molecule has 196 valence electrons. The van der Waals surface area contributed by atoms with Crippen molar-refractivity contribution in [2.24, 2.45) is 56.0 Å². The van der Waals surface area contributed by atoms with E-state index in [1.54, 1.807) is 0 Å². The lowest BCUT2D eigenvalue weighted by Crippen LogP contribution is -2.67. The van der Waals surface area contributed by atoms with Gasteiger partial charge in [-0.2, -0.15) is 0 Å². The summed E-state index contributed by atoms with van der Waals surface area (Å²) in [6.07, 6.45) is 11.4. The molecule has 0 radical (unpaired) electrons. The van der Waals surface area contributed by atoms with Crippen molar-refractivity contribution in [2.45, 2.75) is 112 Å². The Morgan fingerprint density at radius 2 is 1.60 bits per heavy atom. The summed E-state index contributed by atoms with van der Waals surface area (Å²) < 4.78 is 5.26. The van der Waals surface area contributed by atoms with E-state index in [1.165, 1.54) is 19.1 Å². The first-order valence-corrected chi connectivity index (χ1v) is 14.2. The van der Waals surface area contributed by atoms with Gasteiger partial charge in [0.15, 0.2) is 5.78 Å². The molecule has 4 saturated carbocycles. The zero-order chi connectivity index (χ0) is 25.8. The van der Waals surface area contributed by atoms with Crippen molar-refractivity contribution >= 4 is 11.8 Å². The van der Waals surface area contributed by atoms with Crippen molar-refractivity contribution < 1.29 is 14.3 Å². The normalized spacial score (nSPS) is 52.8. The number of hydrogen-bond donors (Lipinski definition) is 1. The molecular weight excluding hydrogens is 434 g/mol. The number of methoxy groups -OCH3 is 1. The molecule has 0 spiro atoms. The quantitative estimate of drug-likeness (QED) is 0.434. The molecule has 5 aliphatic rings. The van der Waals surface area contributed by atoms with E-state index in [2.05, 4.69) is 54.5 Å². The second-order valence-electron chi connectivity index (χ2n) is 15.2. The van der Waals surface area contributed by atoms with Crippen LogP contribution in [0.5, 0.6) is 0 Å². The number of ether oxygens (including phenoxy) is 1. The van der Waals surface area contributed by atoms with Crippen LogP contribution in [0.1, 0.15) is 106 Å². The monoisotopic (exact) mass is 483 g/mol. The molecule has 0 aromatic heterocycles. The van der Waals surface area contributed by atoms with Gasteiger partial charge in [-0.25, -0.2) is 0 Å². The fourth-order valence-electron chi connectivity index (χ4n) is 10.6. The van der Waals surface area contributed by atoms with E-state index < -0.39 is 5.41 Å². The number of esters is 1. The lowest BCUT2D eigenvalue weighted by molar-refractivity contribution is -0.188. The molecule has 0 amide bonds. The molecule has 9 atom stereocenters. The van der Waals surface area contributed by atoms with E-state index in [4.69, 9.17) is 10.5 Å². The molecule has 0 aromatic rings. The van der Waals surface area contributed by atoms with Gasteiger partial charge in [0.1, 0.15) is 0 Å². The SMILES string of the molecule is COC(=O)[C@@]1(C)CC[C@]2(C)CC[C@]3(C)C(=CC(=O)C4[C@@]5(C)CCC(N)C(C)(C)C5CC[C@]43C)C2C1. The molecular formula is C31H49NO3. The Morgan fingerprint density at radius 1 is 0.943 bits per heavy atom. The molecule has 0 aromatic carbocycles. The summed E-state index contributed by atoms with van der Waals surface area (Å²) >= 11 is 0. The van der Waals surface area contributed by atoms with Crippen LogP contribution in [0.4, 0.5) is 0 Å². The lowest BCUT2D eigenvalue weighted by atomic mass is 9.33. The summed E-state index contributed by atoms with van der Waals surface area (Å²) in [6, 6.07) is 0.207. The smallest absolute Gasteiger partial charge is 0.311 e. The maximum atomic E-state index is 14.3. The minimum Gasteiger partial charge on any atom is -0.469 e. The zero-order valence-corrected chi connectivity index (χ0v) is 23.6. The van der Waals surface area contributed by atoms with Crippen molar-refractivity contribution in [2.75, 3.05) is 7.11 Å². The number of fused-ring (bicyclic) bond motifs is 7. The third-order valence-corrected chi connectivity index (χ3v) is 13.4. The third kappa shape index (κ3) is 3.07. The molecule has 0 saturated heterocycles. The molecule has 2 N–H and O–H groups in total. The first-order valence-electron chi connectivity index (χ1n) is 14.2. The molecule has 4 fully saturated rings. The highest BCUT2D eigenvalue weighted by molar-refractivity contribution is 5.95. The lowest BCUT2D eigenvalue weighted by Gasteiger charge is -2.70. The highest BCUT2D eigenvalue weighted by atomic mass is 16.5. The van der Waals surface area contributed by atoms with Crippen molar-refractivity contribution in [1.29, 1.82) is 0 Å². The summed E-state index contributed by atoms with van der Waals surface area (Å²) in [5.74, 6) is 1.06. The van der Waals surface area contributed by atoms with Gasteiger partial charge in [-0.05, 0) is 110 Å². The highest BCUT2D eigenvalue weighted by Crippen LogP contribution is 2.75. The Bertz CT molecular complexity index is 984. The molecule has 5 rings (SSSR count). The van der Waals surface area contributed by atoms with Crippen LogP contribution >= 0.6 is 0 Å². The van der Waals surface area contributed by atoms with E-state index >= 15 is 0 Å². The van der Waals surface area contributed by atoms with Gasteiger partial charge in [0.05, 0.1) is 12.5 Å². The van der Waals surface area contributed by atoms with Gasteiger partial charge in [0.25, 0.3) is 0 Å². The Morgan fingerprint density at radius 3 is 2.26 bits per heavy atom. The average molecular weight is 484 g/mol. The van der Waals surface area contributed by atoms with Crippen molar-refractivity contribution in [3.63, 3.8) is 0 Å². The molecule has 4 heteroatoms. The summed E-state index contributed by atoms with van der Waals surface area (Å²) in [6.45, 7) is 16.6. The number of hydrogen-bond acceptors (Lipinski definition) is 4. The van der Waals surface area contributed by atoms with Gasteiger partial charge in [0, 0.05) is 12.0 Å². The Hall–Kier alpha value is -1.16. The van der Waals surface area contributed by atoms with Crippen LogP contribution in [0.2, 0.25) is 0 Å². The van der Waals surface area contributed by atoms with Crippen LogP contribution < -0.4 is 5.73 Å². The van der Waals surface area contributed by atoms with Crippen LogP contribution in [0.15, 0.2) is 11.6 Å². The first kappa shape index (κ1) is 25.5. The number of allylic oxidation sites excluding steroid dienone is 2. The van der Waals surface area contributed by atoms with E-state index in [-0.39, 0.29) is 50.9 Å². The summed E-state index contributed by atoms with van der Waals surface area (Å²) in [5, 5.41) is 0. The van der Waals surface area contributed by atoms with Crippen LogP contribution in [-0.4, -0.2) is 24.9 Å². The first-order chi connectivity index (χ1) is 16.1. The second kappa shape index (κ2) is 7.45. The van der Waals surface area contributed by atoms with Gasteiger partial charge in [-0.3, -0.25) is 9.59 Å². The topological polar surface area (TPSA) is 69.4 Å². The predicted molar refractivity (Wildman–Crippen MR) is 139 cm³/mol. The molecule has 35 heavy (non-hydrogen) atoms. The molecule has 5 aliphatic carbocycles. The van der Waals surface area contributed by atoms with Gasteiger partial charge in [0.2, 0.25) is 0 Å². The maximum absolute atomic E-state index is 14.3. The second-order valence-corrected chi connectivity index (χ2v) is 15.2. The van der Waals surface area contributed by atoms with E-state index in [0.717, 1.165) is 51.4 Å². The van der Waals surface area contributed by atoms with Crippen molar-refractivity contribution in [3.8, 4) is 0 Å². The average Bonchev–Trinajstić information content (AvgIpc) is 2.78. The van der Waals surface area contributed by atoms with Crippen LogP contribution in [0, 0.1) is 50.2 Å². The van der Waals surface area contributed by atoms with Crippen molar-refractivity contribution in [3.05, 3.63) is 11.6 Å². The molecule has 4 unspecified atom stereocenters. The fraction of sp³-hybridized carbons (Fsp3) is 0.871. The predicted octanol–water partition coefficient (Wildman–Crippen LogP) is 6.47. The standard InChI is InChI=1S/C31H49NO3/c1-26(2)22-9-12-31(7)24(29(22,5)11-10-23(26)32)21(33)17-19-20-18-28(4,25(34)35-8)14-13-27(20,3)15-16-30(19,31)6/h17,20,22-24H,9-16,18,32H2,1-8H3/t20?,22?,23?,24?,27-,28+,29+,30-,31-/m1/s1. The minimum atomic E-state index is -0.466. The van der Waals surface area contributed by atoms with Gasteiger partial charge in [-0.15, -0.1) is 0 Å². The van der Waals surface area contributed by atoms with Crippen LogP contribution in [0.25, 0.3) is 0 Å². The minimum absolute atomic E-state index is 0.0116. The number of ketones is 1. The van der Waals surface area contributed by atoms with Crippen molar-refractivity contribution in [1.82, 2.24) is 0 Å². The van der Waals surface area contributed by atoms with Crippen LogP contribution in [-0.2, 0) is 14.3 Å². The summed E-state index contributed by atoms with van der Waals surface area (Å²) in [7, 11) is 1.51. The van der Waals surface area contributed by atoms with E-state index in [1.807, 2.05) is 0 Å². The largest absolute Gasteiger partial charge is 0.469 e. The molecule has 0 bridgehead atoms. The number of carbonyl (C=O) groups excluding carboxylic acids is 2. The third-order valence-electron chi connectivity index (χ3n) is 13.4. The number of rotatable bonds is 1. The summed E-state index contributed by atoms with van der Waals surface area (Å²) in [4.78, 5) is 27.1. The highest BCUT2D eigenvalue weighted by Gasteiger charge is 2.70. The molecule has 4 nitrogen and oxygen atoms in total. The Kier molecular flexibility index (Phi) is 5.43. The van der Waals surface area contributed by atoms with Gasteiger partial charge in [-0.1, -0.05) is 47.1 Å². The molecule has 0 aliphatic heterocycles. The van der Waals surface area contributed by atoms with Gasteiger partial charge < -0.3 is 10.5 Å².